The van der Waals surface area contributed by atoms with Crippen LogP contribution in [0.4, 0.5) is 4.39 Å². The minimum Gasteiger partial charge on any atom is -0.495 e. The van der Waals surface area contributed by atoms with Gasteiger partial charge in [0.2, 0.25) is 10.0 Å². The summed E-state index contributed by atoms with van der Waals surface area (Å²) in [5.41, 5.74) is 0.418. The largest absolute Gasteiger partial charge is 0.495 e. The molecular weight excluding hydrogens is 431 g/mol. The summed E-state index contributed by atoms with van der Waals surface area (Å²) in [5, 5.41) is 0.243. The van der Waals surface area contributed by atoms with Gasteiger partial charge in [-0.3, -0.25) is 4.79 Å². The van der Waals surface area contributed by atoms with Crippen molar-refractivity contribution >= 4 is 27.5 Å². The summed E-state index contributed by atoms with van der Waals surface area (Å²) < 4.78 is 47.4. The Morgan fingerprint density at radius 3 is 2.57 bits per heavy atom. The predicted molar refractivity (Wildman–Crippen MR) is 113 cm³/mol. The molecule has 0 aliphatic heterocycles. The second-order valence-electron chi connectivity index (χ2n) is 7.51. The molecule has 0 aromatic heterocycles. The van der Waals surface area contributed by atoms with E-state index in [2.05, 4.69) is 4.72 Å². The van der Waals surface area contributed by atoms with E-state index in [9.17, 15) is 17.6 Å². The zero-order valence-corrected chi connectivity index (χ0v) is 18.6. The van der Waals surface area contributed by atoms with Crippen LogP contribution in [0.3, 0.4) is 0 Å². The van der Waals surface area contributed by atoms with Gasteiger partial charge >= 0.3 is 0 Å². The van der Waals surface area contributed by atoms with Crippen LogP contribution >= 0.6 is 11.6 Å². The van der Waals surface area contributed by atoms with Gasteiger partial charge in [-0.2, -0.15) is 0 Å². The monoisotopic (exact) mass is 454 g/mol. The summed E-state index contributed by atoms with van der Waals surface area (Å²) in [7, 11) is -2.52. The molecule has 2 aromatic carbocycles. The van der Waals surface area contributed by atoms with Gasteiger partial charge in [0, 0.05) is 28.2 Å². The molecule has 6 nitrogen and oxygen atoms in total. The summed E-state index contributed by atoms with van der Waals surface area (Å²) in [4.78, 5) is 14.7. The van der Waals surface area contributed by atoms with Gasteiger partial charge in [0.05, 0.1) is 13.7 Å². The lowest BCUT2D eigenvalue weighted by Gasteiger charge is -2.24. The first-order chi connectivity index (χ1) is 14.1. The number of hydrogen-bond acceptors (Lipinski definition) is 4. The highest BCUT2D eigenvalue weighted by Crippen LogP contribution is 2.33. The van der Waals surface area contributed by atoms with Crippen molar-refractivity contribution in [2.45, 2.75) is 50.2 Å². The number of carbonyl (C=O) groups excluding carboxylic acids is 1. The van der Waals surface area contributed by atoms with Crippen molar-refractivity contribution in [1.82, 2.24) is 9.62 Å². The average molecular weight is 455 g/mol. The number of amides is 1. The molecule has 0 spiro atoms. The molecule has 1 amide bonds. The number of carbonyl (C=O) groups is 1. The van der Waals surface area contributed by atoms with Crippen LogP contribution in [0.2, 0.25) is 5.02 Å². The highest BCUT2D eigenvalue weighted by atomic mass is 35.5. The Balaban J connectivity index is 1.97. The van der Waals surface area contributed by atoms with E-state index in [-0.39, 0.29) is 51.3 Å². The molecule has 3 rings (SSSR count). The molecule has 0 saturated heterocycles. The lowest BCUT2D eigenvalue weighted by Crippen LogP contribution is -2.34. The number of ether oxygens (including phenoxy) is 1. The first-order valence-electron chi connectivity index (χ1n) is 9.58. The summed E-state index contributed by atoms with van der Waals surface area (Å²) in [6.45, 7) is 3.41. The van der Waals surface area contributed by atoms with Crippen LogP contribution in [0, 0.1) is 5.82 Å². The van der Waals surface area contributed by atoms with E-state index >= 15 is 0 Å². The van der Waals surface area contributed by atoms with Crippen LogP contribution in [-0.2, 0) is 16.6 Å². The Labute approximate surface area is 181 Å². The van der Waals surface area contributed by atoms with Crippen LogP contribution in [0.15, 0.2) is 41.3 Å². The van der Waals surface area contributed by atoms with Gasteiger partial charge in [-0.1, -0.05) is 17.7 Å². The maximum absolute atomic E-state index is 14.3. The molecule has 1 fully saturated rings. The summed E-state index contributed by atoms with van der Waals surface area (Å²) in [6.07, 6.45) is 1.60. The van der Waals surface area contributed by atoms with Crippen molar-refractivity contribution in [2.24, 2.45) is 0 Å². The van der Waals surface area contributed by atoms with Crippen LogP contribution < -0.4 is 9.46 Å². The molecule has 30 heavy (non-hydrogen) atoms. The van der Waals surface area contributed by atoms with E-state index in [1.54, 1.807) is 24.8 Å². The van der Waals surface area contributed by atoms with Gasteiger partial charge < -0.3 is 9.64 Å². The molecular formula is C21H24ClFN2O4S. The molecule has 0 heterocycles. The van der Waals surface area contributed by atoms with E-state index in [4.69, 9.17) is 16.3 Å². The molecule has 1 N–H and O–H groups in total. The topological polar surface area (TPSA) is 75.7 Å². The van der Waals surface area contributed by atoms with Gasteiger partial charge in [0.1, 0.15) is 16.5 Å². The van der Waals surface area contributed by atoms with Crippen molar-refractivity contribution < 1.29 is 22.3 Å². The van der Waals surface area contributed by atoms with E-state index in [1.807, 2.05) is 0 Å². The smallest absolute Gasteiger partial charge is 0.254 e. The minimum atomic E-state index is -3.89. The number of nitrogens with one attached hydrogen (secondary N) is 1. The second-order valence-corrected chi connectivity index (χ2v) is 9.60. The lowest BCUT2D eigenvalue weighted by atomic mass is 10.1. The molecule has 0 bridgehead atoms. The fourth-order valence-electron chi connectivity index (χ4n) is 3.17. The molecule has 1 saturated carbocycles. The first kappa shape index (κ1) is 22.5. The van der Waals surface area contributed by atoms with Crippen molar-refractivity contribution in [3.8, 4) is 5.75 Å². The summed E-state index contributed by atoms with van der Waals surface area (Å²) in [5.74, 6) is -0.740. The minimum absolute atomic E-state index is 0.00730. The normalized spacial score (nSPS) is 14.1. The maximum Gasteiger partial charge on any atom is 0.254 e. The van der Waals surface area contributed by atoms with E-state index in [0.29, 0.717) is 0 Å². The van der Waals surface area contributed by atoms with Gasteiger partial charge in [-0.15, -0.1) is 0 Å². The maximum atomic E-state index is 14.3. The molecule has 1 aliphatic rings. The van der Waals surface area contributed by atoms with Crippen LogP contribution in [-0.4, -0.2) is 38.4 Å². The van der Waals surface area contributed by atoms with E-state index in [0.717, 1.165) is 12.8 Å². The number of halogens is 2. The third-order valence-electron chi connectivity index (χ3n) is 4.73. The number of rotatable bonds is 8. The Kier molecular flexibility index (Phi) is 6.69. The molecule has 0 atom stereocenters. The third-order valence-corrected chi connectivity index (χ3v) is 6.76. The highest BCUT2D eigenvalue weighted by Gasteiger charge is 2.35. The second kappa shape index (κ2) is 8.91. The van der Waals surface area contributed by atoms with Gasteiger partial charge in [0.25, 0.3) is 5.91 Å². The Hall–Kier alpha value is -2.16. The fraction of sp³-hybridized carbons (Fsp3) is 0.381. The molecule has 0 radical (unpaired) electrons. The van der Waals surface area contributed by atoms with Crippen LogP contribution in [0.5, 0.6) is 5.75 Å². The summed E-state index contributed by atoms with van der Waals surface area (Å²) >= 11 is 6.14. The van der Waals surface area contributed by atoms with Gasteiger partial charge in [-0.05, 0) is 57.0 Å². The SMILES string of the molecule is COc1ccc(C(=O)N(Cc2c(F)cccc2Cl)C2CC2)cc1S(=O)(=O)NC(C)C. The zero-order chi connectivity index (χ0) is 22.1. The van der Waals surface area contributed by atoms with Crippen molar-refractivity contribution in [1.29, 1.82) is 0 Å². The Morgan fingerprint density at radius 2 is 2.00 bits per heavy atom. The number of methoxy groups -OCH3 is 1. The fourth-order valence-corrected chi connectivity index (χ4v) is 4.83. The number of benzene rings is 2. The average Bonchev–Trinajstić information content (AvgIpc) is 3.51. The summed E-state index contributed by atoms with van der Waals surface area (Å²) in [6, 6.07) is 8.26. The number of sulfonamides is 1. The molecule has 2 aromatic rings. The molecule has 162 valence electrons. The number of hydrogen-bond donors (Lipinski definition) is 1. The Bertz CT molecular complexity index is 1030. The first-order valence-corrected chi connectivity index (χ1v) is 11.4. The van der Waals surface area contributed by atoms with Crippen molar-refractivity contribution in [3.63, 3.8) is 0 Å². The molecule has 9 heteroatoms. The van der Waals surface area contributed by atoms with E-state index < -0.39 is 15.8 Å². The van der Waals surface area contributed by atoms with Crippen molar-refractivity contribution in [2.75, 3.05) is 7.11 Å². The quantitative estimate of drug-likeness (QED) is 0.654. The van der Waals surface area contributed by atoms with Crippen LogP contribution in [0.1, 0.15) is 42.6 Å². The number of nitrogens with zero attached hydrogens (tertiary/aromatic N) is 1. The van der Waals surface area contributed by atoms with Gasteiger partial charge in [-0.25, -0.2) is 17.5 Å². The molecule has 0 unspecified atom stereocenters. The predicted octanol–water partition coefficient (Wildman–Crippen LogP) is 3.98. The van der Waals surface area contributed by atoms with Gasteiger partial charge in [0.15, 0.2) is 0 Å². The van der Waals surface area contributed by atoms with E-state index in [1.165, 1.54) is 37.4 Å². The zero-order valence-electron chi connectivity index (χ0n) is 17.0. The standard InChI is InChI=1S/C21H24ClFN2O4S/c1-13(2)24-30(27,28)20-11-14(7-10-19(20)29-3)21(26)25(15-8-9-15)12-16-17(22)5-4-6-18(16)23/h4-7,10-11,13,15,24H,8-9,12H2,1-3H3. The highest BCUT2D eigenvalue weighted by molar-refractivity contribution is 7.89. The van der Waals surface area contributed by atoms with Crippen LogP contribution in [0.25, 0.3) is 0 Å². The Morgan fingerprint density at radius 1 is 1.30 bits per heavy atom. The third kappa shape index (κ3) is 4.94. The van der Waals surface area contributed by atoms with Crippen molar-refractivity contribution in [3.05, 3.63) is 58.4 Å². The molecule has 1 aliphatic carbocycles. The lowest BCUT2D eigenvalue weighted by molar-refractivity contribution is 0.0728.